The van der Waals surface area contributed by atoms with E-state index in [1.165, 1.54) is 16.7 Å². The van der Waals surface area contributed by atoms with Gasteiger partial charge >= 0.3 is 0 Å². The molecule has 5 heteroatoms. The molecule has 5 nitrogen and oxygen atoms in total. The van der Waals surface area contributed by atoms with Crippen molar-refractivity contribution >= 4 is 0 Å². The normalized spacial score (nSPS) is 10.7. The second-order valence-electron chi connectivity index (χ2n) is 6.31. The Balaban J connectivity index is 1.57. The molecule has 0 saturated heterocycles. The summed E-state index contributed by atoms with van der Waals surface area (Å²) in [5.41, 5.74) is 3.71. The summed E-state index contributed by atoms with van der Waals surface area (Å²) in [7, 11) is 0. The van der Waals surface area contributed by atoms with Gasteiger partial charge in [0.2, 0.25) is 0 Å². The molecule has 0 spiro atoms. The van der Waals surface area contributed by atoms with Crippen LogP contribution in [0.4, 0.5) is 0 Å². The van der Waals surface area contributed by atoms with E-state index in [0.717, 1.165) is 31.1 Å². The Morgan fingerprint density at radius 1 is 0.889 bits per heavy atom. The van der Waals surface area contributed by atoms with E-state index in [1.807, 2.05) is 32.4 Å². The van der Waals surface area contributed by atoms with E-state index >= 15 is 0 Å². The van der Waals surface area contributed by atoms with Crippen LogP contribution in [0.5, 0.6) is 11.5 Å². The predicted molar refractivity (Wildman–Crippen MR) is 107 cm³/mol. The van der Waals surface area contributed by atoms with Crippen molar-refractivity contribution in [1.29, 1.82) is 0 Å². The van der Waals surface area contributed by atoms with Crippen LogP contribution in [-0.4, -0.2) is 22.8 Å². The number of aromatic nitrogens is 2. The van der Waals surface area contributed by atoms with Gasteiger partial charge < -0.3 is 19.4 Å². The van der Waals surface area contributed by atoms with Crippen LogP contribution in [0.15, 0.2) is 61.2 Å². The summed E-state index contributed by atoms with van der Waals surface area (Å²) in [4.78, 5) is 4.09. The van der Waals surface area contributed by atoms with Crippen molar-refractivity contribution in [2.75, 3.05) is 13.2 Å². The van der Waals surface area contributed by atoms with E-state index in [-0.39, 0.29) is 0 Å². The first-order valence-corrected chi connectivity index (χ1v) is 9.41. The van der Waals surface area contributed by atoms with Crippen molar-refractivity contribution in [3.8, 4) is 11.5 Å². The highest BCUT2D eigenvalue weighted by Crippen LogP contribution is 2.28. The molecule has 2 aromatic carbocycles. The van der Waals surface area contributed by atoms with Crippen LogP contribution in [-0.2, 0) is 19.6 Å². The molecule has 27 heavy (non-hydrogen) atoms. The first-order valence-electron chi connectivity index (χ1n) is 9.41. The molecule has 0 amide bonds. The van der Waals surface area contributed by atoms with Gasteiger partial charge in [-0.2, -0.15) is 0 Å². The average Bonchev–Trinajstić information content (AvgIpc) is 3.17. The summed E-state index contributed by atoms with van der Waals surface area (Å²) < 4.78 is 13.4. The molecule has 0 saturated carbocycles. The molecule has 0 fully saturated rings. The number of rotatable bonds is 10. The molecule has 1 N–H and O–H groups in total. The lowest BCUT2D eigenvalue weighted by molar-refractivity contribution is 0.287. The van der Waals surface area contributed by atoms with Gasteiger partial charge in [0.05, 0.1) is 19.5 Å². The molecule has 0 aliphatic carbocycles. The molecule has 1 aromatic heterocycles. The highest BCUT2D eigenvalue weighted by Gasteiger charge is 2.06. The molecular weight excluding hydrogens is 338 g/mol. The molecule has 0 aliphatic rings. The van der Waals surface area contributed by atoms with Crippen LogP contribution in [0.2, 0.25) is 0 Å². The zero-order valence-corrected chi connectivity index (χ0v) is 16.0. The fourth-order valence-corrected chi connectivity index (χ4v) is 2.99. The van der Waals surface area contributed by atoms with Gasteiger partial charge in [-0.1, -0.05) is 30.3 Å². The highest BCUT2D eigenvalue weighted by molar-refractivity contribution is 5.43. The smallest absolute Gasteiger partial charge is 0.161 e. The molecule has 1 heterocycles. The van der Waals surface area contributed by atoms with Crippen molar-refractivity contribution in [2.45, 2.75) is 33.5 Å². The van der Waals surface area contributed by atoms with E-state index in [4.69, 9.17) is 9.47 Å². The maximum atomic E-state index is 5.70. The van der Waals surface area contributed by atoms with Crippen LogP contribution in [0.3, 0.4) is 0 Å². The van der Waals surface area contributed by atoms with Gasteiger partial charge in [0.25, 0.3) is 0 Å². The second kappa shape index (κ2) is 9.78. The minimum Gasteiger partial charge on any atom is -0.490 e. The number of hydrogen-bond donors (Lipinski definition) is 1. The lowest BCUT2D eigenvalue weighted by atomic mass is 10.1. The number of imidazole rings is 1. The summed E-state index contributed by atoms with van der Waals surface area (Å²) in [6.07, 6.45) is 5.62. The van der Waals surface area contributed by atoms with Crippen LogP contribution in [0.25, 0.3) is 0 Å². The maximum Gasteiger partial charge on any atom is 0.161 e. The van der Waals surface area contributed by atoms with E-state index < -0.39 is 0 Å². The third kappa shape index (κ3) is 5.59. The average molecular weight is 365 g/mol. The zero-order valence-electron chi connectivity index (χ0n) is 16.0. The Kier molecular flexibility index (Phi) is 6.88. The lowest BCUT2D eigenvalue weighted by Crippen LogP contribution is -2.13. The van der Waals surface area contributed by atoms with Crippen LogP contribution in [0.1, 0.15) is 30.5 Å². The number of nitrogens with one attached hydrogen (secondary N) is 1. The fourth-order valence-electron chi connectivity index (χ4n) is 2.99. The van der Waals surface area contributed by atoms with Crippen molar-refractivity contribution < 1.29 is 9.47 Å². The third-order valence-electron chi connectivity index (χ3n) is 4.18. The van der Waals surface area contributed by atoms with Crippen molar-refractivity contribution in [2.24, 2.45) is 0 Å². The topological polar surface area (TPSA) is 48.3 Å². The Morgan fingerprint density at radius 3 is 2.37 bits per heavy atom. The second-order valence-corrected chi connectivity index (χ2v) is 6.31. The highest BCUT2D eigenvalue weighted by atomic mass is 16.5. The molecule has 0 aliphatic heterocycles. The van der Waals surface area contributed by atoms with Gasteiger partial charge in [-0.25, -0.2) is 4.98 Å². The molecule has 0 unspecified atom stereocenters. The Hall–Kier alpha value is -2.79. The fraction of sp³-hybridized carbons (Fsp3) is 0.318. The molecule has 0 radical (unpaired) electrons. The third-order valence-corrected chi connectivity index (χ3v) is 4.18. The summed E-state index contributed by atoms with van der Waals surface area (Å²) in [6, 6.07) is 14.7. The van der Waals surface area contributed by atoms with E-state index in [0.29, 0.717) is 13.2 Å². The van der Waals surface area contributed by atoms with Crippen molar-refractivity contribution in [3.05, 3.63) is 77.9 Å². The first-order chi connectivity index (χ1) is 13.3. The number of hydrogen-bond acceptors (Lipinski definition) is 4. The Morgan fingerprint density at radius 2 is 1.63 bits per heavy atom. The first kappa shape index (κ1) is 19.0. The van der Waals surface area contributed by atoms with Gasteiger partial charge in [0.1, 0.15) is 0 Å². The van der Waals surface area contributed by atoms with Gasteiger partial charge in [0.15, 0.2) is 11.5 Å². The molecule has 142 valence electrons. The predicted octanol–water partition coefficient (Wildman–Crippen LogP) is 4.02. The Labute approximate surface area is 161 Å². The molecule has 3 aromatic rings. The van der Waals surface area contributed by atoms with Gasteiger partial charge in [0, 0.05) is 32.0 Å². The van der Waals surface area contributed by atoms with Gasteiger partial charge in [-0.05, 0) is 42.7 Å². The maximum absolute atomic E-state index is 5.70. The number of nitrogens with zero attached hydrogens (tertiary/aromatic N) is 2. The Bertz CT molecular complexity index is 831. The number of benzene rings is 2. The molecule has 3 rings (SSSR count). The van der Waals surface area contributed by atoms with Crippen LogP contribution in [0, 0.1) is 0 Å². The minimum atomic E-state index is 0.626. The van der Waals surface area contributed by atoms with Crippen molar-refractivity contribution in [1.82, 2.24) is 14.9 Å². The summed E-state index contributed by atoms with van der Waals surface area (Å²) in [5, 5.41) is 3.51. The zero-order chi connectivity index (χ0) is 18.9. The minimum absolute atomic E-state index is 0.626. The molecule has 0 atom stereocenters. The van der Waals surface area contributed by atoms with Gasteiger partial charge in [-0.15, -0.1) is 0 Å². The molecular formula is C22H27N3O2. The SMILES string of the molecule is CCOc1ccc(CNCc2cccc(Cn3ccnc3)c2)cc1OCC. The summed E-state index contributed by atoms with van der Waals surface area (Å²) >= 11 is 0. The standard InChI is InChI=1S/C22H27N3O2/c1-3-26-21-9-8-19(13-22(21)27-4-2)15-24-14-18-6-5-7-20(12-18)16-25-11-10-23-17-25/h5-13,17,24H,3-4,14-16H2,1-2H3. The number of ether oxygens (including phenoxy) is 2. The largest absolute Gasteiger partial charge is 0.490 e. The van der Waals surface area contributed by atoms with Gasteiger partial charge in [-0.3, -0.25) is 0 Å². The van der Waals surface area contributed by atoms with Crippen LogP contribution < -0.4 is 14.8 Å². The van der Waals surface area contributed by atoms with Crippen molar-refractivity contribution in [3.63, 3.8) is 0 Å². The quantitative estimate of drug-likeness (QED) is 0.590. The van der Waals surface area contributed by atoms with E-state index in [1.54, 1.807) is 6.20 Å². The summed E-state index contributed by atoms with van der Waals surface area (Å²) in [5.74, 6) is 1.61. The summed E-state index contributed by atoms with van der Waals surface area (Å²) in [6.45, 7) is 7.65. The molecule has 0 bridgehead atoms. The van der Waals surface area contributed by atoms with E-state index in [9.17, 15) is 0 Å². The van der Waals surface area contributed by atoms with Crippen LogP contribution >= 0.6 is 0 Å². The van der Waals surface area contributed by atoms with E-state index in [2.05, 4.69) is 51.3 Å². The monoisotopic (exact) mass is 365 g/mol. The lowest BCUT2D eigenvalue weighted by Gasteiger charge is -2.13.